The molecule has 6 fully saturated rings. The zero-order valence-electron chi connectivity index (χ0n) is 64.1. The predicted molar refractivity (Wildman–Crippen MR) is 377 cm³/mol. The maximum atomic E-state index is 15.5. The molecule has 3 N–H and O–H groups in total. The first-order chi connectivity index (χ1) is 50.2. The number of hydrogen-bond donors (Lipinski definition) is 3. The van der Waals surface area contributed by atoms with Crippen molar-refractivity contribution in [1.29, 1.82) is 0 Å². The van der Waals surface area contributed by atoms with Gasteiger partial charge in [0.15, 0.2) is 0 Å². The van der Waals surface area contributed by atoms with Gasteiger partial charge in [-0.25, -0.2) is 8.78 Å². The van der Waals surface area contributed by atoms with E-state index in [-0.39, 0.29) is 96.9 Å². The molecule has 2 saturated heterocycles. The molecule has 2 bridgehead atoms. The summed E-state index contributed by atoms with van der Waals surface area (Å²) >= 11 is 0. The lowest BCUT2D eigenvalue weighted by atomic mass is 9.74. The molecule has 33 heteroatoms. The maximum Gasteiger partial charge on any atom is 0.397 e. The number of ether oxygens (including phenoxy) is 1. The van der Waals surface area contributed by atoms with Gasteiger partial charge in [0.25, 0.3) is 0 Å². The Morgan fingerprint density at radius 3 is 1.86 bits per heavy atom. The number of amides is 12. The van der Waals surface area contributed by atoms with Crippen LogP contribution in [0.5, 0.6) is 0 Å². The molecule has 12 atom stereocenters. The largest absolute Gasteiger partial charge is 0.397 e. The van der Waals surface area contributed by atoms with E-state index in [1.807, 2.05) is 6.92 Å². The van der Waals surface area contributed by atoms with Crippen molar-refractivity contribution in [2.45, 2.75) is 261 Å². The van der Waals surface area contributed by atoms with Crippen LogP contribution >= 0.6 is 0 Å². The first-order valence-electron chi connectivity index (χ1n) is 38.2. The van der Waals surface area contributed by atoms with Crippen LogP contribution in [-0.2, 0) is 62.3 Å². The lowest BCUT2D eigenvalue weighted by Gasteiger charge is -2.46. The van der Waals surface area contributed by atoms with Gasteiger partial charge in [-0.2, -0.15) is 26.3 Å². The predicted octanol–water partition coefficient (Wildman–Crippen LogP) is 6.10. The molecule has 1 spiro atoms. The van der Waals surface area contributed by atoms with Crippen molar-refractivity contribution >= 4 is 70.9 Å². The van der Waals surface area contributed by atoms with E-state index in [4.69, 9.17) is 4.74 Å². The topological polar surface area (TPSA) is 279 Å². The van der Waals surface area contributed by atoms with Gasteiger partial charge >= 0.3 is 12.4 Å². The van der Waals surface area contributed by atoms with Crippen LogP contribution in [0, 0.1) is 35.5 Å². The fourth-order valence-corrected chi connectivity index (χ4v) is 16.8. The molecule has 107 heavy (non-hydrogen) atoms. The van der Waals surface area contributed by atoms with Crippen LogP contribution in [-0.4, -0.2) is 288 Å². The van der Waals surface area contributed by atoms with Gasteiger partial charge in [0.2, 0.25) is 70.9 Å². The minimum atomic E-state index is -5.22. The van der Waals surface area contributed by atoms with Crippen LogP contribution in [0.1, 0.15) is 176 Å². The first kappa shape index (κ1) is 87.0. The Morgan fingerprint density at radius 1 is 0.664 bits per heavy atom. The minimum Gasteiger partial charge on any atom is -0.377 e. The van der Waals surface area contributed by atoms with E-state index in [1.165, 1.54) is 71.0 Å². The van der Waals surface area contributed by atoms with Crippen molar-refractivity contribution in [2.75, 3.05) is 88.7 Å². The van der Waals surface area contributed by atoms with Crippen LogP contribution in [0.25, 0.3) is 0 Å². The summed E-state index contributed by atoms with van der Waals surface area (Å²) in [5.41, 5.74) is -1.69. The van der Waals surface area contributed by atoms with Crippen molar-refractivity contribution < 1.29 is 97.4 Å². The summed E-state index contributed by atoms with van der Waals surface area (Å²) in [6.45, 7) is 6.66. The normalized spacial score (nSPS) is 32.1. The molecule has 2 unspecified atom stereocenters. The summed E-state index contributed by atoms with van der Waals surface area (Å²) in [6.07, 6.45) is -12.8. The molecule has 7 rings (SSSR count). The Kier molecular flexibility index (Phi) is 30.5. The lowest BCUT2D eigenvalue weighted by Crippen LogP contribution is -2.68. The summed E-state index contributed by atoms with van der Waals surface area (Å²) < 4.78 is 121. The van der Waals surface area contributed by atoms with Gasteiger partial charge in [0.05, 0.1) is 31.5 Å². The molecule has 0 aromatic rings. The van der Waals surface area contributed by atoms with Crippen LogP contribution in [0.15, 0.2) is 12.2 Å². The standard InChI is InChI=1S/C74H114F8N12O13/c1-13-33-86(6)66(101)55-39-58(96)89(9)44(5)63(98)84-61(43(4)14-2)69(104)88(8)42-59(97)90(10)53-24-17-16-20-34-93(68(53)103)56(37-45-25-28-48(29-26-45)73(77,78)79)67(102)87(7)41-57(95)83-52(30-27-46-35-50(75)60(51(76)36-46)74(80,81)82)65(100)94-40-49(107-15-3)38-54(94)64(99)85-72(31-21-32-72)71(106)92(12)62(70(105)91(55)11)47-22-18-19-23-47/h16-17,43-56,60-62H,13-15,18-42H2,1-12H3,(H,83,95)(H,84,98)(H,85,99)/b17-16-/t43-,44-,45?,46?,48?,49+,50?,51?,52-,53-,54-,55-,56-,60?,61-,62-/m0/s1. The number of hydrogen-bond acceptors (Lipinski definition) is 13. The Labute approximate surface area is 623 Å². The summed E-state index contributed by atoms with van der Waals surface area (Å²) in [5, 5.41) is 8.32. The van der Waals surface area contributed by atoms with E-state index in [9.17, 15) is 55.1 Å². The fraction of sp³-hybridized carbons (Fsp3) is 0.811. The molecule has 3 aliphatic heterocycles. The zero-order valence-corrected chi connectivity index (χ0v) is 64.1. The van der Waals surface area contributed by atoms with Gasteiger partial charge in [-0.05, 0) is 147 Å². The third kappa shape index (κ3) is 21.0. The second-order valence-corrected chi connectivity index (χ2v) is 31.2. The van der Waals surface area contributed by atoms with E-state index in [2.05, 4.69) is 16.0 Å². The van der Waals surface area contributed by atoms with Gasteiger partial charge < -0.3 is 64.8 Å². The molecule has 0 aromatic carbocycles. The highest BCUT2D eigenvalue weighted by molar-refractivity contribution is 6.01. The van der Waals surface area contributed by atoms with Gasteiger partial charge in [-0.3, -0.25) is 57.5 Å². The first-order valence-corrected chi connectivity index (χ1v) is 38.2. The quantitative estimate of drug-likeness (QED) is 0.139. The van der Waals surface area contributed by atoms with Gasteiger partial charge in [-0.1, -0.05) is 52.2 Å². The van der Waals surface area contributed by atoms with Crippen LogP contribution in [0.4, 0.5) is 35.1 Å². The molecule has 0 aromatic heterocycles. The van der Waals surface area contributed by atoms with E-state index < -0.39 is 230 Å². The second kappa shape index (κ2) is 37.5. The highest BCUT2D eigenvalue weighted by atomic mass is 19.4. The van der Waals surface area contributed by atoms with Crippen LogP contribution in [0.3, 0.4) is 0 Å². The van der Waals surface area contributed by atoms with E-state index >= 15 is 37.5 Å². The van der Waals surface area contributed by atoms with Crippen LogP contribution in [0.2, 0.25) is 0 Å². The Morgan fingerprint density at radius 2 is 1.29 bits per heavy atom. The number of carbonyl (C=O) groups excluding carboxylic acids is 12. The van der Waals surface area contributed by atoms with Crippen molar-refractivity contribution in [3.63, 3.8) is 0 Å². The Bertz CT molecular complexity index is 3190. The van der Waals surface area contributed by atoms with Gasteiger partial charge in [0.1, 0.15) is 72.1 Å². The number of alkyl halides is 8. The minimum absolute atomic E-state index is 0.00440. The molecule has 12 amide bonds. The SMILES string of the molecule is CCCN(C)C(=O)[C@@H]1CC(=O)N(C)[C@@H](C)C(=O)N[C@@H]([C@@H](C)CC)C(=O)N(C)CC(=O)N(C)[C@H]2C/C=C\CCN(C2=O)[C@@H](CC2CCC(C(F)(F)F)CC2)C(=O)N(C)CC(=O)N[C@@H](CCC2CC(F)C(C(F)(F)F)C(F)C2)C(=O)N2C[C@H](OCC)C[C@H]2C(=O)NC2(CCC2)C(=O)N(C)[C@@H](C2CCCC2)C(=O)N1C. The molecule has 25 nitrogen and oxygen atoms in total. The maximum absolute atomic E-state index is 15.5. The molecule has 4 saturated carbocycles. The molecule has 0 radical (unpaired) electrons. The third-order valence-corrected chi connectivity index (χ3v) is 23.9. The van der Waals surface area contributed by atoms with E-state index in [0.29, 0.717) is 44.9 Å². The Hall–Kier alpha value is -7.22. The molecule has 7 aliphatic rings. The Balaban J connectivity index is 1.31. The number of likely N-dealkylation sites (N-methyl/N-ethyl adjacent to an activating group) is 7. The van der Waals surface area contributed by atoms with E-state index in [0.717, 1.165) is 29.4 Å². The van der Waals surface area contributed by atoms with Crippen molar-refractivity contribution in [3.05, 3.63) is 12.2 Å². The molecule has 604 valence electrons. The van der Waals surface area contributed by atoms with Crippen molar-refractivity contribution in [3.8, 4) is 0 Å². The average molecular weight is 1530 g/mol. The van der Waals surface area contributed by atoms with E-state index in [1.54, 1.807) is 32.9 Å². The molecule has 3 heterocycles. The van der Waals surface area contributed by atoms with Gasteiger partial charge in [-0.15, -0.1) is 0 Å². The summed E-state index contributed by atoms with van der Waals surface area (Å²) in [6, 6.07) is -11.4. The highest BCUT2D eigenvalue weighted by Gasteiger charge is 2.56. The average Bonchev–Trinajstić information content (AvgIpc) is 1.70. The fourth-order valence-electron chi connectivity index (χ4n) is 16.8. The molecule has 4 aliphatic carbocycles. The van der Waals surface area contributed by atoms with Gasteiger partial charge in [0, 0.05) is 82.0 Å². The summed E-state index contributed by atoms with van der Waals surface area (Å²) in [4.78, 5) is 191. The third-order valence-electron chi connectivity index (χ3n) is 23.9. The summed E-state index contributed by atoms with van der Waals surface area (Å²) in [5.74, 6) is -16.8. The second-order valence-electron chi connectivity index (χ2n) is 31.2. The van der Waals surface area contributed by atoms with Crippen molar-refractivity contribution in [1.82, 2.24) is 60.0 Å². The number of rotatable bonds is 13. The number of nitrogens with one attached hydrogen (secondary N) is 3. The number of carbonyl (C=O) groups is 12. The lowest BCUT2D eigenvalue weighted by molar-refractivity contribution is -0.219. The number of fused-ring (bicyclic) bond motifs is 3. The zero-order chi connectivity index (χ0) is 79.5. The molecular weight excluding hydrogens is 1420 g/mol. The smallest absolute Gasteiger partial charge is 0.377 e. The van der Waals surface area contributed by atoms with Crippen molar-refractivity contribution in [2.24, 2.45) is 35.5 Å². The summed E-state index contributed by atoms with van der Waals surface area (Å²) in [7, 11) is 9.45. The highest BCUT2D eigenvalue weighted by Crippen LogP contribution is 2.46. The number of halogens is 8. The van der Waals surface area contributed by atoms with Crippen LogP contribution < -0.4 is 16.0 Å². The monoisotopic (exact) mass is 1530 g/mol. The molecular formula is C74H114F8N12O13. The number of nitrogens with zero attached hydrogens (tertiary/aromatic N) is 9.